The number of likely N-dealkylation sites (tertiary alicyclic amines) is 1. The lowest BCUT2D eigenvalue weighted by Crippen LogP contribution is -2.34. The highest BCUT2D eigenvalue weighted by molar-refractivity contribution is 5.89. The van der Waals surface area contributed by atoms with E-state index < -0.39 is 0 Å². The van der Waals surface area contributed by atoms with E-state index in [1.807, 2.05) is 6.92 Å². The molecule has 7 nitrogen and oxygen atoms in total. The van der Waals surface area contributed by atoms with Crippen LogP contribution in [-0.4, -0.2) is 44.3 Å². The Morgan fingerprint density at radius 1 is 1.32 bits per heavy atom. The number of amides is 2. The van der Waals surface area contributed by atoms with E-state index in [1.165, 1.54) is 4.57 Å². The predicted octanol–water partition coefficient (Wildman–Crippen LogP) is -0.201. The van der Waals surface area contributed by atoms with Crippen molar-refractivity contribution in [1.82, 2.24) is 19.4 Å². The summed E-state index contributed by atoms with van der Waals surface area (Å²) in [5.74, 6) is 0.322. The summed E-state index contributed by atoms with van der Waals surface area (Å²) >= 11 is 0. The van der Waals surface area contributed by atoms with Gasteiger partial charge in [0.25, 0.3) is 5.56 Å². The third-order valence-electron chi connectivity index (χ3n) is 4.64. The van der Waals surface area contributed by atoms with E-state index >= 15 is 0 Å². The first kappa shape index (κ1) is 14.7. The first-order valence-electron chi connectivity index (χ1n) is 7.54. The Hall–Kier alpha value is -2.18. The molecule has 0 spiro atoms. The van der Waals surface area contributed by atoms with E-state index in [0.29, 0.717) is 43.3 Å². The third-order valence-corrected chi connectivity index (χ3v) is 4.64. The molecule has 7 heteroatoms. The maximum atomic E-state index is 12.6. The summed E-state index contributed by atoms with van der Waals surface area (Å²) in [5, 5.41) is 0. The zero-order chi connectivity index (χ0) is 16.0. The van der Waals surface area contributed by atoms with Crippen LogP contribution in [0.3, 0.4) is 0 Å². The van der Waals surface area contributed by atoms with Gasteiger partial charge in [-0.3, -0.25) is 19.0 Å². The summed E-state index contributed by atoms with van der Waals surface area (Å²) in [6, 6.07) is 0. The van der Waals surface area contributed by atoms with Crippen LogP contribution in [0.5, 0.6) is 0 Å². The summed E-state index contributed by atoms with van der Waals surface area (Å²) in [5.41, 5.74) is 1.19. The normalized spacial score (nSPS) is 20.7. The minimum absolute atomic E-state index is 0.0300. The van der Waals surface area contributed by atoms with Crippen molar-refractivity contribution in [3.8, 4) is 0 Å². The van der Waals surface area contributed by atoms with Crippen LogP contribution in [0.2, 0.25) is 0 Å². The number of rotatable bonds is 2. The molecule has 0 radical (unpaired) electrons. The molecule has 0 aliphatic carbocycles. The summed E-state index contributed by atoms with van der Waals surface area (Å²) < 4.78 is 1.50. The number of hydrogen-bond acceptors (Lipinski definition) is 4. The lowest BCUT2D eigenvalue weighted by molar-refractivity contribution is -0.136. The number of hydrogen-bond donors (Lipinski definition) is 0. The minimum Gasteiger partial charge on any atom is -0.342 e. The first-order valence-corrected chi connectivity index (χ1v) is 7.54. The van der Waals surface area contributed by atoms with Crippen molar-refractivity contribution in [3.05, 3.63) is 27.4 Å². The minimum atomic E-state index is -0.299. The summed E-state index contributed by atoms with van der Waals surface area (Å²) in [6.07, 6.45) is 0.268. The number of carbonyl (C=O) groups excluding carboxylic acids is 2. The Morgan fingerprint density at radius 3 is 2.68 bits per heavy atom. The number of carbonyl (C=O) groups is 2. The van der Waals surface area contributed by atoms with Gasteiger partial charge in [0.1, 0.15) is 5.82 Å². The molecule has 2 aliphatic rings. The molecule has 2 aliphatic heterocycles. The molecule has 3 rings (SSSR count). The number of nitrogens with zero attached hydrogens (tertiary/aromatic N) is 4. The average molecular weight is 304 g/mol. The molecule has 1 unspecified atom stereocenters. The fourth-order valence-corrected chi connectivity index (χ4v) is 3.19. The quantitative estimate of drug-likeness (QED) is 0.758. The summed E-state index contributed by atoms with van der Waals surface area (Å²) in [4.78, 5) is 44.4. The second kappa shape index (κ2) is 5.23. The monoisotopic (exact) mass is 304 g/mol. The van der Waals surface area contributed by atoms with E-state index in [9.17, 15) is 14.4 Å². The van der Waals surface area contributed by atoms with Crippen LogP contribution in [-0.2, 0) is 29.7 Å². The maximum absolute atomic E-state index is 12.6. The lowest BCUT2D eigenvalue weighted by Gasteiger charge is -2.19. The zero-order valence-corrected chi connectivity index (χ0v) is 13.1. The SMILES string of the molecule is CCN1CC(C(=O)N2Cc3nc(C)n(C)c(=O)c3C2)CC1=O. The fourth-order valence-electron chi connectivity index (χ4n) is 3.19. The van der Waals surface area contributed by atoms with E-state index in [1.54, 1.807) is 23.8 Å². The molecule has 2 amide bonds. The molecule has 0 bridgehead atoms. The van der Waals surface area contributed by atoms with Gasteiger partial charge in [0.05, 0.1) is 30.3 Å². The van der Waals surface area contributed by atoms with E-state index in [0.717, 1.165) is 0 Å². The molecule has 1 aromatic heterocycles. The largest absolute Gasteiger partial charge is 0.342 e. The maximum Gasteiger partial charge on any atom is 0.258 e. The Bertz CT molecular complexity index is 709. The van der Waals surface area contributed by atoms with Crippen molar-refractivity contribution in [3.63, 3.8) is 0 Å². The van der Waals surface area contributed by atoms with Gasteiger partial charge in [-0.1, -0.05) is 0 Å². The Kier molecular flexibility index (Phi) is 3.50. The van der Waals surface area contributed by atoms with Crippen LogP contribution in [0.25, 0.3) is 0 Å². The standard InChI is InChI=1S/C15H20N4O3/c1-4-18-6-10(5-13(18)20)14(21)19-7-11-12(8-19)16-9(2)17(3)15(11)22/h10H,4-8H2,1-3H3. The molecular weight excluding hydrogens is 284 g/mol. The van der Waals surface area contributed by atoms with Gasteiger partial charge < -0.3 is 9.80 Å². The predicted molar refractivity (Wildman–Crippen MR) is 78.8 cm³/mol. The van der Waals surface area contributed by atoms with Gasteiger partial charge in [-0.25, -0.2) is 4.98 Å². The van der Waals surface area contributed by atoms with E-state index in [2.05, 4.69) is 4.98 Å². The molecule has 1 saturated heterocycles. The number of aryl methyl sites for hydroxylation is 1. The number of fused-ring (bicyclic) bond motifs is 1. The fraction of sp³-hybridized carbons (Fsp3) is 0.600. The van der Waals surface area contributed by atoms with Gasteiger partial charge in [-0.2, -0.15) is 0 Å². The highest BCUT2D eigenvalue weighted by Crippen LogP contribution is 2.25. The van der Waals surface area contributed by atoms with Crippen molar-refractivity contribution in [2.75, 3.05) is 13.1 Å². The van der Waals surface area contributed by atoms with Crippen molar-refractivity contribution < 1.29 is 9.59 Å². The van der Waals surface area contributed by atoms with Crippen LogP contribution in [0.4, 0.5) is 0 Å². The Morgan fingerprint density at radius 2 is 2.05 bits per heavy atom. The molecule has 1 atom stereocenters. The van der Waals surface area contributed by atoms with Crippen LogP contribution in [0.1, 0.15) is 30.4 Å². The van der Waals surface area contributed by atoms with E-state index in [-0.39, 0.29) is 29.7 Å². The highest BCUT2D eigenvalue weighted by Gasteiger charge is 2.38. The van der Waals surface area contributed by atoms with E-state index in [4.69, 9.17) is 0 Å². The molecule has 0 saturated carbocycles. The van der Waals surface area contributed by atoms with Crippen molar-refractivity contribution >= 4 is 11.8 Å². The molecule has 0 N–H and O–H groups in total. The van der Waals surface area contributed by atoms with Gasteiger partial charge in [-0.05, 0) is 13.8 Å². The van der Waals surface area contributed by atoms with Crippen LogP contribution in [0, 0.1) is 12.8 Å². The molecule has 118 valence electrons. The van der Waals surface area contributed by atoms with Gasteiger partial charge in [-0.15, -0.1) is 0 Å². The number of aromatic nitrogens is 2. The summed E-state index contributed by atoms with van der Waals surface area (Å²) in [6.45, 7) is 5.45. The van der Waals surface area contributed by atoms with Crippen molar-refractivity contribution in [2.24, 2.45) is 13.0 Å². The van der Waals surface area contributed by atoms with Gasteiger partial charge >= 0.3 is 0 Å². The first-order chi connectivity index (χ1) is 10.4. The lowest BCUT2D eigenvalue weighted by atomic mass is 10.1. The van der Waals surface area contributed by atoms with Crippen LogP contribution in [0.15, 0.2) is 4.79 Å². The topological polar surface area (TPSA) is 75.5 Å². The molecule has 1 fully saturated rings. The zero-order valence-electron chi connectivity index (χ0n) is 13.1. The summed E-state index contributed by atoms with van der Waals surface area (Å²) in [7, 11) is 1.68. The van der Waals surface area contributed by atoms with Crippen molar-refractivity contribution in [2.45, 2.75) is 33.4 Å². The molecular formula is C15H20N4O3. The smallest absolute Gasteiger partial charge is 0.258 e. The highest BCUT2D eigenvalue weighted by atomic mass is 16.2. The second-order valence-electron chi connectivity index (χ2n) is 5.98. The van der Waals surface area contributed by atoms with Crippen LogP contribution < -0.4 is 5.56 Å². The second-order valence-corrected chi connectivity index (χ2v) is 5.98. The molecule has 1 aromatic rings. The average Bonchev–Trinajstić information content (AvgIpc) is 3.07. The molecule has 0 aromatic carbocycles. The van der Waals surface area contributed by atoms with Crippen LogP contribution >= 0.6 is 0 Å². The van der Waals surface area contributed by atoms with Gasteiger partial charge in [0.2, 0.25) is 11.8 Å². The Labute approximate surface area is 128 Å². The Balaban J connectivity index is 1.79. The third kappa shape index (κ3) is 2.20. The van der Waals surface area contributed by atoms with Gasteiger partial charge in [0, 0.05) is 26.6 Å². The molecule has 22 heavy (non-hydrogen) atoms. The van der Waals surface area contributed by atoms with Gasteiger partial charge in [0.15, 0.2) is 0 Å². The molecule has 3 heterocycles. The van der Waals surface area contributed by atoms with Crippen molar-refractivity contribution in [1.29, 1.82) is 0 Å².